The summed E-state index contributed by atoms with van der Waals surface area (Å²) < 4.78 is 30.0. The first kappa shape index (κ1) is 21.9. The molecule has 0 spiro atoms. The Balaban J connectivity index is 1.61. The highest BCUT2D eigenvalue weighted by Crippen LogP contribution is 2.45. The normalized spacial score (nSPS) is 18.5. The van der Waals surface area contributed by atoms with Crippen molar-refractivity contribution < 1.29 is 8.42 Å². The van der Waals surface area contributed by atoms with Crippen LogP contribution in [0, 0.1) is 20.8 Å². The van der Waals surface area contributed by atoms with Crippen molar-refractivity contribution in [1.29, 1.82) is 0 Å². The number of fused-ring (bicyclic) bond motifs is 1. The van der Waals surface area contributed by atoms with Crippen molar-refractivity contribution in [3.05, 3.63) is 118 Å². The first-order chi connectivity index (χ1) is 15.8. The molecular formula is C29H29NO2S. The molecule has 0 unspecified atom stereocenters. The maximum absolute atomic E-state index is 14.1. The molecule has 0 N–H and O–H groups in total. The van der Waals surface area contributed by atoms with E-state index in [1.807, 2.05) is 69.3 Å². The van der Waals surface area contributed by atoms with Gasteiger partial charge in [0.1, 0.15) is 0 Å². The molecule has 0 aromatic heterocycles. The standard InChI is InChI=1S/C29H29NO2S/c1-20-14-21(2)29(22(3)15-20)33(31,32)30-19-28-25(18-27(28)24-12-8-5-9-13-24)17-26(30)16-23-10-6-4-7-11-23/h4-15,17,26H,16,18-19H2,1-3H3/t26-/m0/s1. The van der Waals surface area contributed by atoms with Gasteiger partial charge < -0.3 is 0 Å². The summed E-state index contributed by atoms with van der Waals surface area (Å²) in [4.78, 5) is 0.448. The van der Waals surface area contributed by atoms with Gasteiger partial charge in [0.05, 0.1) is 4.90 Å². The fourth-order valence-corrected chi connectivity index (χ4v) is 7.28. The number of benzene rings is 3. The molecule has 3 nitrogen and oxygen atoms in total. The van der Waals surface area contributed by atoms with E-state index in [0.717, 1.165) is 34.2 Å². The van der Waals surface area contributed by atoms with Crippen molar-refractivity contribution in [3.8, 4) is 0 Å². The van der Waals surface area contributed by atoms with Crippen molar-refractivity contribution in [2.24, 2.45) is 0 Å². The first-order valence-corrected chi connectivity index (χ1v) is 12.9. The van der Waals surface area contributed by atoms with E-state index in [1.165, 1.54) is 16.7 Å². The molecule has 3 aromatic rings. The van der Waals surface area contributed by atoms with Gasteiger partial charge in [0.2, 0.25) is 10.0 Å². The minimum Gasteiger partial charge on any atom is -0.207 e. The fraction of sp³-hybridized carbons (Fsp3) is 0.241. The van der Waals surface area contributed by atoms with Crippen LogP contribution in [0.4, 0.5) is 0 Å². The molecule has 0 saturated carbocycles. The number of hydrogen-bond donors (Lipinski definition) is 0. The Morgan fingerprint density at radius 1 is 0.848 bits per heavy atom. The van der Waals surface area contributed by atoms with Gasteiger partial charge in [0.15, 0.2) is 0 Å². The third-order valence-electron chi connectivity index (χ3n) is 6.78. The molecule has 4 heteroatoms. The van der Waals surface area contributed by atoms with Gasteiger partial charge in [-0.25, -0.2) is 8.42 Å². The van der Waals surface area contributed by atoms with Gasteiger partial charge in [-0.3, -0.25) is 0 Å². The van der Waals surface area contributed by atoms with Crippen LogP contribution in [0.25, 0.3) is 5.57 Å². The largest absolute Gasteiger partial charge is 0.244 e. The molecule has 0 radical (unpaired) electrons. The summed E-state index contributed by atoms with van der Waals surface area (Å²) in [6.07, 6.45) is 3.76. The predicted octanol–water partition coefficient (Wildman–Crippen LogP) is 6.01. The van der Waals surface area contributed by atoms with E-state index in [0.29, 0.717) is 17.9 Å². The molecule has 0 fully saturated rings. The van der Waals surface area contributed by atoms with E-state index < -0.39 is 10.0 Å². The second kappa shape index (κ2) is 8.44. The number of nitrogens with zero attached hydrogens (tertiary/aromatic N) is 1. The molecule has 0 amide bonds. The van der Waals surface area contributed by atoms with E-state index in [2.05, 4.69) is 30.3 Å². The summed E-state index contributed by atoms with van der Waals surface area (Å²) in [5, 5.41) is 0. The van der Waals surface area contributed by atoms with Crippen molar-refractivity contribution in [2.45, 2.75) is 44.6 Å². The SMILES string of the molecule is Cc1cc(C)c(S(=O)(=O)N2CC3=C(c4ccccc4)CC3=C[C@@H]2Cc2ccccc2)c(C)c1. The van der Waals surface area contributed by atoms with Crippen LogP contribution in [0.15, 0.2) is 94.9 Å². The lowest BCUT2D eigenvalue weighted by molar-refractivity contribution is 0.367. The van der Waals surface area contributed by atoms with Crippen molar-refractivity contribution in [3.63, 3.8) is 0 Å². The molecule has 33 heavy (non-hydrogen) atoms. The third-order valence-corrected chi connectivity index (χ3v) is 8.96. The second-order valence-corrected chi connectivity index (χ2v) is 11.1. The van der Waals surface area contributed by atoms with Crippen LogP contribution in [-0.2, 0) is 16.4 Å². The van der Waals surface area contributed by atoms with E-state index in [-0.39, 0.29) is 6.04 Å². The molecule has 1 heterocycles. The van der Waals surface area contributed by atoms with Crippen LogP contribution in [0.2, 0.25) is 0 Å². The van der Waals surface area contributed by atoms with Crippen LogP contribution in [0.3, 0.4) is 0 Å². The summed E-state index contributed by atoms with van der Waals surface area (Å²) in [6.45, 7) is 6.24. The second-order valence-electron chi connectivity index (χ2n) is 9.23. The Labute approximate surface area is 197 Å². The lowest BCUT2D eigenvalue weighted by atomic mass is 9.76. The summed E-state index contributed by atoms with van der Waals surface area (Å²) in [5.41, 5.74) is 8.75. The third kappa shape index (κ3) is 3.98. The van der Waals surface area contributed by atoms with Gasteiger partial charge >= 0.3 is 0 Å². The van der Waals surface area contributed by atoms with E-state index in [1.54, 1.807) is 4.31 Å². The molecule has 0 saturated heterocycles. The number of aryl methyl sites for hydroxylation is 3. The highest BCUT2D eigenvalue weighted by molar-refractivity contribution is 7.89. The molecule has 168 valence electrons. The van der Waals surface area contributed by atoms with Crippen molar-refractivity contribution in [2.75, 3.05) is 6.54 Å². The lowest BCUT2D eigenvalue weighted by Gasteiger charge is -2.41. The molecule has 1 atom stereocenters. The average Bonchev–Trinajstić information content (AvgIpc) is 2.76. The van der Waals surface area contributed by atoms with Gasteiger partial charge in [0, 0.05) is 12.6 Å². The molecule has 1 aliphatic heterocycles. The molecular weight excluding hydrogens is 426 g/mol. The predicted molar refractivity (Wildman–Crippen MR) is 135 cm³/mol. The fourth-order valence-electron chi connectivity index (χ4n) is 5.32. The summed E-state index contributed by atoms with van der Waals surface area (Å²) in [6, 6.07) is 24.2. The monoisotopic (exact) mass is 455 g/mol. The van der Waals surface area contributed by atoms with Crippen LogP contribution < -0.4 is 0 Å². The summed E-state index contributed by atoms with van der Waals surface area (Å²) in [7, 11) is -3.68. The van der Waals surface area contributed by atoms with Gasteiger partial charge in [-0.05, 0) is 72.6 Å². The molecule has 3 aromatic carbocycles. The number of hydrogen-bond acceptors (Lipinski definition) is 2. The lowest BCUT2D eigenvalue weighted by Crippen LogP contribution is -2.46. The van der Waals surface area contributed by atoms with Gasteiger partial charge in [-0.1, -0.05) is 84.4 Å². The number of sulfonamides is 1. The Bertz CT molecular complexity index is 1350. The zero-order chi connectivity index (χ0) is 23.2. The Morgan fingerprint density at radius 2 is 1.45 bits per heavy atom. The molecule has 1 aliphatic carbocycles. The van der Waals surface area contributed by atoms with Crippen LogP contribution in [0.5, 0.6) is 0 Å². The van der Waals surface area contributed by atoms with Crippen molar-refractivity contribution in [1.82, 2.24) is 4.31 Å². The highest BCUT2D eigenvalue weighted by atomic mass is 32.2. The maximum atomic E-state index is 14.1. The molecule has 0 bridgehead atoms. The van der Waals surface area contributed by atoms with Crippen LogP contribution >= 0.6 is 0 Å². The van der Waals surface area contributed by atoms with Crippen LogP contribution in [-0.4, -0.2) is 25.3 Å². The highest BCUT2D eigenvalue weighted by Gasteiger charge is 2.40. The summed E-state index contributed by atoms with van der Waals surface area (Å²) >= 11 is 0. The Morgan fingerprint density at radius 3 is 2.09 bits per heavy atom. The Hall–Kier alpha value is -2.95. The summed E-state index contributed by atoms with van der Waals surface area (Å²) in [5.74, 6) is 0. The van der Waals surface area contributed by atoms with E-state index >= 15 is 0 Å². The van der Waals surface area contributed by atoms with Gasteiger partial charge in [-0.15, -0.1) is 0 Å². The number of allylic oxidation sites excluding steroid dienone is 1. The average molecular weight is 456 g/mol. The number of rotatable bonds is 5. The van der Waals surface area contributed by atoms with E-state index in [4.69, 9.17) is 0 Å². The van der Waals surface area contributed by atoms with E-state index in [9.17, 15) is 8.42 Å². The molecule has 2 aliphatic rings. The first-order valence-electron chi connectivity index (χ1n) is 11.5. The van der Waals surface area contributed by atoms with Crippen molar-refractivity contribution >= 4 is 15.6 Å². The van der Waals surface area contributed by atoms with Crippen LogP contribution in [0.1, 0.15) is 34.2 Å². The smallest absolute Gasteiger partial charge is 0.207 e. The maximum Gasteiger partial charge on any atom is 0.244 e. The quantitative estimate of drug-likeness (QED) is 0.472. The zero-order valence-electron chi connectivity index (χ0n) is 19.4. The minimum absolute atomic E-state index is 0.200. The van der Waals surface area contributed by atoms with Gasteiger partial charge in [-0.2, -0.15) is 4.31 Å². The Kier molecular flexibility index (Phi) is 5.59. The topological polar surface area (TPSA) is 37.4 Å². The zero-order valence-corrected chi connectivity index (χ0v) is 20.2. The minimum atomic E-state index is -3.68. The molecule has 5 rings (SSSR count). The van der Waals surface area contributed by atoms with Gasteiger partial charge in [0.25, 0.3) is 0 Å².